The van der Waals surface area contributed by atoms with Crippen molar-refractivity contribution in [1.82, 2.24) is 5.32 Å². The molecule has 7 nitrogen and oxygen atoms in total. The van der Waals surface area contributed by atoms with Crippen molar-refractivity contribution in [3.05, 3.63) is 34.4 Å². The molecule has 0 unspecified atom stereocenters. The number of likely N-dealkylation sites (N-methyl/N-ethyl adjacent to an activating group) is 1. The molecule has 0 aliphatic heterocycles. The lowest BCUT2D eigenvalue weighted by atomic mass is 10.3. The van der Waals surface area contributed by atoms with E-state index in [0.29, 0.717) is 6.54 Å². The second-order valence-corrected chi connectivity index (χ2v) is 3.12. The van der Waals surface area contributed by atoms with Gasteiger partial charge in [-0.25, -0.2) is 0 Å². The number of amides is 2. The molecule has 1 aromatic rings. The minimum absolute atomic E-state index is 0.154. The first-order valence-electron chi connectivity index (χ1n) is 4.88. The van der Waals surface area contributed by atoms with Crippen LogP contribution in [0.1, 0.15) is 6.92 Å². The Morgan fingerprint density at radius 3 is 2.65 bits per heavy atom. The van der Waals surface area contributed by atoms with Gasteiger partial charge >= 0.3 is 11.8 Å². The van der Waals surface area contributed by atoms with Gasteiger partial charge < -0.3 is 10.6 Å². The SMILES string of the molecule is CCNC(=O)C(=O)Nc1cccc([N+](=O)[O-])c1. The number of carbonyl (C=O) groups is 2. The monoisotopic (exact) mass is 237 g/mol. The average molecular weight is 237 g/mol. The zero-order valence-electron chi connectivity index (χ0n) is 9.10. The van der Waals surface area contributed by atoms with Crippen molar-refractivity contribution in [1.29, 1.82) is 0 Å². The third-order valence-corrected chi connectivity index (χ3v) is 1.86. The number of anilines is 1. The highest BCUT2D eigenvalue weighted by molar-refractivity contribution is 6.39. The van der Waals surface area contributed by atoms with Gasteiger partial charge in [-0.1, -0.05) is 6.07 Å². The lowest BCUT2D eigenvalue weighted by molar-refractivity contribution is -0.384. The summed E-state index contributed by atoms with van der Waals surface area (Å²) >= 11 is 0. The molecule has 0 aliphatic carbocycles. The van der Waals surface area contributed by atoms with Gasteiger partial charge in [0.15, 0.2) is 0 Å². The van der Waals surface area contributed by atoms with Crippen LogP contribution in [0.15, 0.2) is 24.3 Å². The summed E-state index contributed by atoms with van der Waals surface area (Å²) in [5.41, 5.74) is 0.0501. The van der Waals surface area contributed by atoms with Crippen LogP contribution in [0.3, 0.4) is 0 Å². The van der Waals surface area contributed by atoms with Crippen LogP contribution in [-0.4, -0.2) is 23.3 Å². The fraction of sp³-hybridized carbons (Fsp3) is 0.200. The summed E-state index contributed by atoms with van der Waals surface area (Å²) in [4.78, 5) is 32.3. The topological polar surface area (TPSA) is 101 Å². The molecule has 0 spiro atoms. The summed E-state index contributed by atoms with van der Waals surface area (Å²) in [6, 6.07) is 5.36. The summed E-state index contributed by atoms with van der Waals surface area (Å²) in [7, 11) is 0. The third-order valence-electron chi connectivity index (χ3n) is 1.86. The molecule has 2 N–H and O–H groups in total. The maximum atomic E-state index is 11.3. The van der Waals surface area contributed by atoms with E-state index >= 15 is 0 Å². The number of non-ortho nitro benzene ring substituents is 1. The Morgan fingerprint density at radius 1 is 1.35 bits per heavy atom. The Balaban J connectivity index is 2.75. The number of benzene rings is 1. The molecule has 0 saturated carbocycles. The summed E-state index contributed by atoms with van der Waals surface area (Å²) in [6.45, 7) is 2.01. The van der Waals surface area contributed by atoms with Crippen LogP contribution < -0.4 is 10.6 Å². The van der Waals surface area contributed by atoms with Crippen molar-refractivity contribution in [2.75, 3.05) is 11.9 Å². The summed E-state index contributed by atoms with van der Waals surface area (Å²) in [6.07, 6.45) is 0. The molecule has 7 heteroatoms. The van der Waals surface area contributed by atoms with Gasteiger partial charge in [-0.2, -0.15) is 0 Å². The molecule has 1 aromatic carbocycles. The third kappa shape index (κ3) is 3.56. The van der Waals surface area contributed by atoms with Crippen LogP contribution in [0.2, 0.25) is 0 Å². The Hall–Kier alpha value is -2.44. The maximum absolute atomic E-state index is 11.3. The fourth-order valence-corrected chi connectivity index (χ4v) is 1.13. The van der Waals surface area contributed by atoms with E-state index in [-0.39, 0.29) is 11.4 Å². The highest BCUT2D eigenvalue weighted by Crippen LogP contribution is 2.16. The van der Waals surface area contributed by atoms with Gasteiger partial charge in [-0.15, -0.1) is 0 Å². The molecule has 0 aromatic heterocycles. The smallest absolute Gasteiger partial charge is 0.313 e. The molecule has 0 atom stereocenters. The maximum Gasteiger partial charge on any atom is 0.313 e. The molecule has 0 fully saturated rings. The molecule has 0 saturated heterocycles. The fourth-order valence-electron chi connectivity index (χ4n) is 1.13. The van der Waals surface area contributed by atoms with E-state index in [0.717, 1.165) is 0 Å². The van der Waals surface area contributed by atoms with E-state index in [1.165, 1.54) is 24.3 Å². The standard InChI is InChI=1S/C10H11N3O4/c1-2-11-9(14)10(15)12-7-4-3-5-8(6-7)13(16)17/h3-6H,2H2,1H3,(H,11,14)(H,12,15). The molecule has 17 heavy (non-hydrogen) atoms. The van der Waals surface area contributed by atoms with Gasteiger partial charge in [0, 0.05) is 24.4 Å². The molecule has 90 valence electrons. The lowest BCUT2D eigenvalue weighted by Gasteiger charge is -2.04. The quantitative estimate of drug-likeness (QED) is 0.458. The van der Waals surface area contributed by atoms with Crippen molar-refractivity contribution in [2.45, 2.75) is 6.92 Å². The van der Waals surface area contributed by atoms with Crippen molar-refractivity contribution >= 4 is 23.2 Å². The Kier molecular flexibility index (Phi) is 4.15. The first-order valence-corrected chi connectivity index (χ1v) is 4.88. The van der Waals surface area contributed by atoms with Crippen molar-refractivity contribution in [3.63, 3.8) is 0 Å². The minimum Gasteiger partial charge on any atom is -0.348 e. The highest BCUT2D eigenvalue weighted by atomic mass is 16.6. The van der Waals surface area contributed by atoms with Gasteiger partial charge in [-0.05, 0) is 13.0 Å². The first-order chi connectivity index (χ1) is 8.04. The number of hydrogen-bond donors (Lipinski definition) is 2. The Morgan fingerprint density at radius 2 is 2.06 bits per heavy atom. The van der Waals surface area contributed by atoms with E-state index in [1.54, 1.807) is 6.92 Å². The number of nitro benzene ring substituents is 1. The number of rotatable bonds is 3. The summed E-state index contributed by atoms with van der Waals surface area (Å²) in [5, 5.41) is 15.1. The Bertz CT molecular complexity index is 459. The van der Waals surface area contributed by atoms with Crippen LogP contribution in [0.4, 0.5) is 11.4 Å². The van der Waals surface area contributed by atoms with Crippen molar-refractivity contribution in [2.24, 2.45) is 0 Å². The predicted molar refractivity (Wildman–Crippen MR) is 60.4 cm³/mol. The molecular formula is C10H11N3O4. The molecule has 0 radical (unpaired) electrons. The molecule has 0 heterocycles. The molecular weight excluding hydrogens is 226 g/mol. The summed E-state index contributed by atoms with van der Waals surface area (Å²) < 4.78 is 0. The van der Waals surface area contributed by atoms with E-state index < -0.39 is 16.7 Å². The zero-order chi connectivity index (χ0) is 12.8. The van der Waals surface area contributed by atoms with Crippen LogP contribution in [-0.2, 0) is 9.59 Å². The van der Waals surface area contributed by atoms with Crippen LogP contribution in [0.5, 0.6) is 0 Å². The molecule has 0 bridgehead atoms. The minimum atomic E-state index is -0.854. The van der Waals surface area contributed by atoms with Gasteiger partial charge in [0.1, 0.15) is 0 Å². The number of nitro groups is 1. The predicted octanol–water partition coefficient (Wildman–Crippen LogP) is 0.669. The molecule has 2 amide bonds. The zero-order valence-corrected chi connectivity index (χ0v) is 9.10. The molecule has 0 aliphatic rings. The highest BCUT2D eigenvalue weighted by Gasteiger charge is 2.13. The van der Waals surface area contributed by atoms with Gasteiger partial charge in [0.25, 0.3) is 5.69 Å². The second kappa shape index (κ2) is 5.59. The molecule has 1 rings (SSSR count). The van der Waals surface area contributed by atoms with Crippen LogP contribution in [0.25, 0.3) is 0 Å². The number of carbonyl (C=O) groups excluding carboxylic acids is 2. The van der Waals surface area contributed by atoms with Gasteiger partial charge in [0.2, 0.25) is 0 Å². The van der Waals surface area contributed by atoms with E-state index in [2.05, 4.69) is 10.6 Å². The van der Waals surface area contributed by atoms with Crippen molar-refractivity contribution < 1.29 is 14.5 Å². The van der Waals surface area contributed by atoms with Gasteiger partial charge in [-0.3, -0.25) is 19.7 Å². The van der Waals surface area contributed by atoms with E-state index in [9.17, 15) is 19.7 Å². The lowest BCUT2D eigenvalue weighted by Crippen LogP contribution is -2.35. The first kappa shape index (κ1) is 12.6. The second-order valence-electron chi connectivity index (χ2n) is 3.12. The van der Waals surface area contributed by atoms with Gasteiger partial charge in [0.05, 0.1) is 4.92 Å². The van der Waals surface area contributed by atoms with E-state index in [4.69, 9.17) is 0 Å². The number of hydrogen-bond acceptors (Lipinski definition) is 4. The Labute approximate surface area is 97.0 Å². The largest absolute Gasteiger partial charge is 0.348 e. The average Bonchev–Trinajstić information content (AvgIpc) is 2.29. The van der Waals surface area contributed by atoms with Crippen LogP contribution >= 0.6 is 0 Å². The van der Waals surface area contributed by atoms with Crippen molar-refractivity contribution in [3.8, 4) is 0 Å². The number of nitrogens with one attached hydrogen (secondary N) is 2. The van der Waals surface area contributed by atoms with E-state index in [1.807, 2.05) is 0 Å². The summed E-state index contributed by atoms with van der Waals surface area (Å²) in [5.74, 6) is -1.63. The number of nitrogens with zero attached hydrogens (tertiary/aromatic N) is 1. The van der Waals surface area contributed by atoms with Crippen LogP contribution in [0, 0.1) is 10.1 Å². The normalized spacial score (nSPS) is 9.47.